The molecule has 2 aromatic carbocycles. The van der Waals surface area contributed by atoms with Crippen molar-refractivity contribution in [2.24, 2.45) is 5.14 Å². The summed E-state index contributed by atoms with van der Waals surface area (Å²) >= 11 is 1.19. The molecule has 0 aliphatic carbocycles. The number of methoxy groups -OCH3 is 1. The van der Waals surface area contributed by atoms with Crippen LogP contribution in [0.1, 0.15) is 5.76 Å². The molecule has 3 N–H and O–H groups in total. The number of hydrogen-bond donors (Lipinski definition) is 2. The molecule has 2 heterocycles. The van der Waals surface area contributed by atoms with Crippen LogP contribution in [-0.4, -0.2) is 42.0 Å². The van der Waals surface area contributed by atoms with Gasteiger partial charge in [0, 0.05) is 11.3 Å². The Kier molecular flexibility index (Phi) is 7.01. The van der Waals surface area contributed by atoms with Crippen molar-refractivity contribution < 1.29 is 22.4 Å². The number of aromatic nitrogens is 3. The third kappa shape index (κ3) is 5.65. The standard InChI is InChI=1S/C22H21N5O5S2/c1-31-17-7-2-5-15(11-17)21-25-26-22(27(21)13-18-8-4-10-32-18)33-14-20(28)24-16-6-3-9-19(12-16)34(23,29)30/h2-12H,13-14H2,1H3,(H,24,28)(H2,23,29,30). The number of hydrogen-bond acceptors (Lipinski definition) is 8. The van der Waals surface area contributed by atoms with Gasteiger partial charge in [-0.2, -0.15) is 0 Å². The molecule has 0 atom stereocenters. The van der Waals surface area contributed by atoms with Gasteiger partial charge >= 0.3 is 0 Å². The van der Waals surface area contributed by atoms with Crippen molar-refractivity contribution in [1.29, 1.82) is 0 Å². The fraction of sp³-hybridized carbons (Fsp3) is 0.136. The highest BCUT2D eigenvalue weighted by atomic mass is 32.2. The summed E-state index contributed by atoms with van der Waals surface area (Å²) in [4.78, 5) is 12.4. The molecule has 0 radical (unpaired) electrons. The molecule has 0 spiro atoms. The highest BCUT2D eigenvalue weighted by molar-refractivity contribution is 7.99. The second-order valence-corrected chi connectivity index (χ2v) is 9.62. The molecule has 176 valence electrons. The highest BCUT2D eigenvalue weighted by Crippen LogP contribution is 2.28. The summed E-state index contributed by atoms with van der Waals surface area (Å²) < 4.78 is 35.7. The molecule has 0 aliphatic heterocycles. The van der Waals surface area contributed by atoms with Crippen LogP contribution < -0.4 is 15.2 Å². The summed E-state index contributed by atoms with van der Waals surface area (Å²) in [6, 6.07) is 16.8. The van der Waals surface area contributed by atoms with Gasteiger partial charge in [-0.25, -0.2) is 13.6 Å². The molecule has 2 aromatic heterocycles. The van der Waals surface area contributed by atoms with Crippen LogP contribution in [0.25, 0.3) is 11.4 Å². The smallest absolute Gasteiger partial charge is 0.238 e. The predicted octanol–water partition coefficient (Wildman–Crippen LogP) is 2.97. The molecule has 4 aromatic rings. The van der Waals surface area contributed by atoms with Crippen LogP contribution in [-0.2, 0) is 21.4 Å². The maximum atomic E-state index is 12.5. The predicted molar refractivity (Wildman–Crippen MR) is 127 cm³/mol. The zero-order valence-corrected chi connectivity index (χ0v) is 19.7. The maximum Gasteiger partial charge on any atom is 0.238 e. The normalized spacial score (nSPS) is 11.4. The van der Waals surface area contributed by atoms with Crippen molar-refractivity contribution in [3.63, 3.8) is 0 Å². The monoisotopic (exact) mass is 499 g/mol. The molecule has 0 saturated carbocycles. The number of benzene rings is 2. The second-order valence-electron chi connectivity index (χ2n) is 7.11. The minimum atomic E-state index is -3.87. The number of anilines is 1. The van der Waals surface area contributed by atoms with Gasteiger partial charge in [0.05, 0.1) is 30.6 Å². The van der Waals surface area contributed by atoms with E-state index in [9.17, 15) is 13.2 Å². The van der Waals surface area contributed by atoms with Crippen LogP contribution in [0.3, 0.4) is 0 Å². The molecule has 0 aliphatic rings. The zero-order valence-electron chi connectivity index (χ0n) is 18.0. The van der Waals surface area contributed by atoms with Crippen molar-refractivity contribution in [2.75, 3.05) is 18.2 Å². The van der Waals surface area contributed by atoms with E-state index in [0.717, 1.165) is 5.56 Å². The molecule has 12 heteroatoms. The Hall–Kier alpha value is -3.61. The van der Waals surface area contributed by atoms with Gasteiger partial charge < -0.3 is 14.5 Å². The summed E-state index contributed by atoms with van der Waals surface area (Å²) in [6.45, 7) is 0.368. The first-order chi connectivity index (χ1) is 16.3. The average Bonchev–Trinajstić information content (AvgIpc) is 3.48. The fourth-order valence-electron chi connectivity index (χ4n) is 3.15. The third-order valence-corrected chi connectivity index (χ3v) is 6.60. The number of carbonyl (C=O) groups excluding carboxylic acids is 1. The molecular weight excluding hydrogens is 478 g/mol. The minimum absolute atomic E-state index is 0.0218. The largest absolute Gasteiger partial charge is 0.497 e. The highest BCUT2D eigenvalue weighted by Gasteiger charge is 2.18. The summed E-state index contributed by atoms with van der Waals surface area (Å²) in [7, 11) is -2.28. The molecule has 0 saturated heterocycles. The molecular formula is C22H21N5O5S2. The van der Waals surface area contributed by atoms with Gasteiger partial charge in [0.15, 0.2) is 11.0 Å². The van der Waals surface area contributed by atoms with E-state index in [0.29, 0.717) is 34.7 Å². The Morgan fingerprint density at radius 2 is 1.97 bits per heavy atom. The number of sulfonamides is 1. The molecule has 1 amide bonds. The van der Waals surface area contributed by atoms with Gasteiger partial charge in [-0.3, -0.25) is 9.36 Å². The van der Waals surface area contributed by atoms with E-state index in [1.165, 1.54) is 30.0 Å². The van der Waals surface area contributed by atoms with E-state index in [1.54, 1.807) is 25.5 Å². The summed E-state index contributed by atoms with van der Waals surface area (Å²) in [5.74, 6) is 1.66. The van der Waals surface area contributed by atoms with Gasteiger partial charge in [0.25, 0.3) is 0 Å². The van der Waals surface area contributed by atoms with Gasteiger partial charge in [-0.05, 0) is 42.5 Å². The van der Waals surface area contributed by atoms with Gasteiger partial charge in [-0.15, -0.1) is 10.2 Å². The number of thioether (sulfide) groups is 1. The first kappa shape index (κ1) is 23.5. The van der Waals surface area contributed by atoms with Crippen molar-refractivity contribution in [3.05, 3.63) is 72.7 Å². The number of carbonyl (C=O) groups is 1. The van der Waals surface area contributed by atoms with E-state index < -0.39 is 10.0 Å². The van der Waals surface area contributed by atoms with Crippen LogP contribution in [0.4, 0.5) is 5.69 Å². The first-order valence-electron chi connectivity index (χ1n) is 9.99. The summed E-state index contributed by atoms with van der Waals surface area (Å²) in [5, 5.41) is 16.9. The van der Waals surface area contributed by atoms with Crippen molar-refractivity contribution >= 4 is 33.4 Å². The van der Waals surface area contributed by atoms with E-state index >= 15 is 0 Å². The van der Waals surface area contributed by atoms with E-state index in [1.807, 2.05) is 34.9 Å². The number of primary sulfonamides is 1. The molecule has 0 fully saturated rings. The second kappa shape index (κ2) is 10.1. The molecule has 34 heavy (non-hydrogen) atoms. The lowest BCUT2D eigenvalue weighted by atomic mass is 10.2. The number of nitrogens with zero attached hydrogens (tertiary/aromatic N) is 3. The van der Waals surface area contributed by atoms with Gasteiger partial charge in [0.1, 0.15) is 11.5 Å². The van der Waals surface area contributed by atoms with Crippen molar-refractivity contribution in [1.82, 2.24) is 14.8 Å². The SMILES string of the molecule is COc1cccc(-c2nnc(SCC(=O)Nc3cccc(S(N)(=O)=O)c3)n2Cc2ccco2)c1. The minimum Gasteiger partial charge on any atom is -0.497 e. The van der Waals surface area contributed by atoms with E-state index in [2.05, 4.69) is 15.5 Å². The number of furan rings is 1. The average molecular weight is 500 g/mol. The van der Waals surface area contributed by atoms with Gasteiger partial charge in [-0.1, -0.05) is 30.0 Å². The summed E-state index contributed by atoms with van der Waals surface area (Å²) in [6.07, 6.45) is 1.58. The first-order valence-corrected chi connectivity index (χ1v) is 12.5. The van der Waals surface area contributed by atoms with Crippen LogP contribution in [0.2, 0.25) is 0 Å². The lowest BCUT2D eigenvalue weighted by Crippen LogP contribution is -2.16. The topological polar surface area (TPSA) is 142 Å². The molecule has 0 unspecified atom stereocenters. The van der Waals surface area contributed by atoms with Crippen molar-refractivity contribution in [3.8, 4) is 17.1 Å². The van der Waals surface area contributed by atoms with E-state index in [-0.39, 0.29) is 16.6 Å². The lowest BCUT2D eigenvalue weighted by molar-refractivity contribution is -0.113. The fourth-order valence-corrected chi connectivity index (χ4v) is 4.45. The molecule has 4 rings (SSSR count). The molecule has 10 nitrogen and oxygen atoms in total. The van der Waals surface area contributed by atoms with E-state index in [4.69, 9.17) is 14.3 Å². The Morgan fingerprint density at radius 3 is 2.71 bits per heavy atom. The van der Waals surface area contributed by atoms with Gasteiger partial charge in [0.2, 0.25) is 15.9 Å². The number of rotatable bonds is 9. The Labute approximate surface area is 200 Å². The lowest BCUT2D eigenvalue weighted by Gasteiger charge is -2.10. The number of ether oxygens (including phenoxy) is 1. The van der Waals surface area contributed by atoms with Crippen molar-refractivity contribution in [2.45, 2.75) is 16.6 Å². The molecule has 0 bridgehead atoms. The maximum absolute atomic E-state index is 12.5. The van der Waals surface area contributed by atoms with Crippen LogP contribution in [0, 0.1) is 0 Å². The van der Waals surface area contributed by atoms with Crippen LogP contribution in [0.5, 0.6) is 5.75 Å². The Bertz CT molecular complexity index is 1400. The third-order valence-electron chi connectivity index (χ3n) is 4.72. The van der Waals surface area contributed by atoms with Crippen LogP contribution >= 0.6 is 11.8 Å². The number of nitrogens with two attached hydrogens (primary N) is 1. The quantitative estimate of drug-likeness (QED) is 0.335. The van der Waals surface area contributed by atoms with Crippen LogP contribution in [0.15, 0.2) is 81.4 Å². The number of nitrogens with one attached hydrogen (secondary N) is 1. The number of amides is 1. The Balaban J connectivity index is 1.53. The summed E-state index contributed by atoms with van der Waals surface area (Å²) in [5.41, 5.74) is 1.13. The Morgan fingerprint density at radius 1 is 1.15 bits per heavy atom. The zero-order chi connectivity index (χ0) is 24.1.